The van der Waals surface area contributed by atoms with Crippen molar-refractivity contribution in [2.24, 2.45) is 5.73 Å². The summed E-state index contributed by atoms with van der Waals surface area (Å²) < 4.78 is 50.5. The number of carbonyl (C=O) groups excluding carboxylic acids is 6. The van der Waals surface area contributed by atoms with Crippen molar-refractivity contribution in [3.63, 3.8) is 0 Å². The van der Waals surface area contributed by atoms with E-state index in [0.717, 1.165) is 76.4 Å². The maximum Gasteiger partial charge on any atom is 1.00 e. The molecule has 13 nitrogen and oxygen atoms in total. The minimum Gasteiger partial charge on any atom is -0.793 e. The average molecular weight is 860 g/mol. The number of carbonyl (C=O) groups is 6. The molecule has 0 atom stereocenters. The molecule has 0 heterocycles. The number of halogens is 3. The van der Waals surface area contributed by atoms with Crippen molar-refractivity contribution < 1.29 is 95.4 Å². The van der Waals surface area contributed by atoms with Crippen LogP contribution >= 0.6 is 27.0 Å². The Morgan fingerprint density at radius 3 is 1.51 bits per heavy atom. The standard InChI is InChI=1S/C15H18F3NO2.C8H8O.C7H13NO2.C4H6O4.C2H3BO2.CH4.Na.2H2S/c1-21-13(20)14(8-2-3-9-14)19-10-11-4-6-12(7-5-11)15(16,17)18;1-7-2-4-8(6-9)5-3-7;1-10-6(9)7(8)4-2-3-5-7;1-3(5)7-8-4(2)6;1-2(4)5-3;;;;/h4-7,19H,2-3,8-10H2,1H3;2-6H,1H3;2-5,8H2,1H3;1-2H3;1H3;1H4;;2*1H2/q;;;;-1;;+1;;. The van der Waals surface area contributed by atoms with E-state index in [1.165, 1.54) is 38.8 Å². The first kappa shape index (κ1) is 63.1. The van der Waals surface area contributed by atoms with Crippen LogP contribution in [0, 0.1) is 6.92 Å². The summed E-state index contributed by atoms with van der Waals surface area (Å²) in [6, 6.07) is 12.4. The molecule has 3 N–H and O–H groups in total. The normalized spacial score (nSPS) is 13.6. The number of rotatable bonds is 6. The van der Waals surface area contributed by atoms with E-state index in [1.807, 2.05) is 31.2 Å². The summed E-state index contributed by atoms with van der Waals surface area (Å²) in [6.07, 6.45) is 3.44. The summed E-state index contributed by atoms with van der Waals surface area (Å²) in [5.74, 6) is -2.30. The van der Waals surface area contributed by atoms with E-state index in [2.05, 4.69) is 32.5 Å². The number of hydrogen-bond acceptors (Lipinski definition) is 13. The van der Waals surface area contributed by atoms with Crippen molar-refractivity contribution >= 4 is 71.2 Å². The number of benzene rings is 2. The number of methoxy groups -OCH3 is 2. The molecule has 2 saturated carbocycles. The molecular weight excluding hydrogens is 803 g/mol. The molecule has 2 aromatic rings. The average Bonchev–Trinajstić information content (AvgIpc) is 3.81. The number of nitrogens with two attached hydrogens (primary N) is 1. The van der Waals surface area contributed by atoms with Crippen LogP contribution in [0.2, 0.25) is 0 Å². The zero-order chi connectivity index (χ0) is 40.7. The summed E-state index contributed by atoms with van der Waals surface area (Å²) in [6.45, 7) is 5.85. The Kier molecular flexibility index (Phi) is 36.4. The summed E-state index contributed by atoms with van der Waals surface area (Å²) in [4.78, 5) is 69.8. The van der Waals surface area contributed by atoms with Crippen LogP contribution in [0.5, 0.6) is 0 Å². The van der Waals surface area contributed by atoms with Gasteiger partial charge in [0.2, 0.25) is 5.97 Å². The summed E-state index contributed by atoms with van der Waals surface area (Å²) in [7, 11) is 7.06. The van der Waals surface area contributed by atoms with Gasteiger partial charge in [0.1, 0.15) is 17.4 Å². The third-order valence-corrected chi connectivity index (χ3v) is 7.69. The third-order valence-electron chi connectivity index (χ3n) is 7.69. The number of aldehydes is 1. The number of aryl methyl sites for hydroxylation is 1. The van der Waals surface area contributed by atoms with Gasteiger partial charge in [0, 0.05) is 32.9 Å². The molecule has 4 rings (SSSR count). The number of ether oxygens (including phenoxy) is 2. The van der Waals surface area contributed by atoms with Gasteiger partial charge in [0.15, 0.2) is 0 Å². The largest absolute Gasteiger partial charge is 1.00 e. The molecule has 0 aromatic heterocycles. The van der Waals surface area contributed by atoms with Crippen molar-refractivity contribution in [1.29, 1.82) is 0 Å². The fraction of sp³-hybridized carbons (Fsp3) is 0.514. The molecule has 0 aliphatic heterocycles. The third kappa shape index (κ3) is 26.5. The first-order valence-corrected chi connectivity index (χ1v) is 16.4. The SMILES string of the molecule is C.CC(=O)OOC(C)=O.COC(=O)C1(N)CCCC1.COC(=O)C1(NCc2ccc(C(F)(F)F)cc2)CCCC1.Cc1ccc(C=O)cc1.S.S.[B-]OC(C)=O.[Na+]. The number of hydrogen-bond donors (Lipinski definition) is 2. The Labute approximate surface area is 370 Å². The van der Waals surface area contributed by atoms with E-state index < -0.39 is 40.7 Å². The molecule has 2 aromatic carbocycles. The van der Waals surface area contributed by atoms with Crippen molar-refractivity contribution in [2.75, 3.05) is 14.2 Å². The Balaban J connectivity index is -0.000000213. The van der Waals surface area contributed by atoms with Gasteiger partial charge in [-0.25, -0.2) is 19.4 Å². The fourth-order valence-corrected chi connectivity index (χ4v) is 4.89. The molecule has 0 saturated heterocycles. The maximum atomic E-state index is 12.5. The Morgan fingerprint density at radius 2 is 1.18 bits per heavy atom. The molecule has 3 radical (unpaired) electrons. The maximum absolute atomic E-state index is 12.5. The van der Waals surface area contributed by atoms with Crippen molar-refractivity contribution in [3.8, 4) is 0 Å². The summed E-state index contributed by atoms with van der Waals surface area (Å²) in [5.41, 5.74) is 6.34. The van der Waals surface area contributed by atoms with E-state index in [-0.39, 0.29) is 75.9 Å². The van der Waals surface area contributed by atoms with E-state index in [1.54, 1.807) is 0 Å². The van der Waals surface area contributed by atoms with Gasteiger partial charge in [0.25, 0.3) is 0 Å². The molecule has 0 spiro atoms. The molecule has 317 valence electrons. The number of alkyl halides is 3. The van der Waals surface area contributed by atoms with Crippen LogP contribution < -0.4 is 40.6 Å². The minimum atomic E-state index is -4.33. The van der Waals surface area contributed by atoms with Crippen LogP contribution in [0.15, 0.2) is 48.5 Å². The number of nitrogens with one attached hydrogen (secondary N) is 1. The molecule has 0 amide bonds. The molecule has 2 aliphatic carbocycles. The molecule has 0 bridgehead atoms. The van der Waals surface area contributed by atoms with Gasteiger partial charge >= 0.3 is 59.6 Å². The van der Waals surface area contributed by atoms with Gasteiger partial charge in [-0.2, -0.15) is 40.2 Å². The molecular formula is C37H56BF3N2NaO11S2. The summed E-state index contributed by atoms with van der Waals surface area (Å²) in [5, 5.41) is 3.16. The van der Waals surface area contributed by atoms with E-state index in [9.17, 15) is 41.9 Å². The molecule has 0 unspecified atom stereocenters. The van der Waals surface area contributed by atoms with Gasteiger partial charge in [-0.3, -0.25) is 24.5 Å². The topological polar surface area (TPSA) is 187 Å². The number of esters is 2. The van der Waals surface area contributed by atoms with Crippen molar-refractivity contribution in [3.05, 3.63) is 70.8 Å². The minimum absolute atomic E-state index is 0. The van der Waals surface area contributed by atoms with Crippen LogP contribution in [0.25, 0.3) is 0 Å². The second-order valence-electron chi connectivity index (χ2n) is 12.0. The Hall–Kier alpha value is -3.07. The first-order valence-electron chi connectivity index (χ1n) is 16.4. The van der Waals surface area contributed by atoms with Gasteiger partial charge in [-0.1, -0.05) is 75.1 Å². The van der Waals surface area contributed by atoms with E-state index >= 15 is 0 Å². The predicted molar refractivity (Wildman–Crippen MR) is 214 cm³/mol. The van der Waals surface area contributed by atoms with Crippen LogP contribution in [0.4, 0.5) is 13.2 Å². The molecule has 2 fully saturated rings. The molecule has 20 heteroatoms. The molecule has 57 heavy (non-hydrogen) atoms. The van der Waals surface area contributed by atoms with E-state index in [4.69, 9.17) is 10.5 Å². The second-order valence-corrected chi connectivity index (χ2v) is 12.0. The quantitative estimate of drug-likeness (QED) is 0.142. The monoisotopic (exact) mass is 859 g/mol. The fourth-order valence-electron chi connectivity index (χ4n) is 4.89. The smallest absolute Gasteiger partial charge is 0.793 e. The van der Waals surface area contributed by atoms with Gasteiger partial charge < -0.3 is 27.9 Å². The second kappa shape index (κ2) is 32.8. The zero-order valence-electron chi connectivity index (χ0n) is 32.8. The predicted octanol–water partition coefficient (Wildman–Crippen LogP) is 3.05. The zero-order valence-corrected chi connectivity index (χ0v) is 36.8. The van der Waals surface area contributed by atoms with E-state index in [0.29, 0.717) is 24.9 Å². The summed E-state index contributed by atoms with van der Waals surface area (Å²) >= 11 is 0. The van der Waals surface area contributed by atoms with Gasteiger partial charge in [0.05, 0.1) is 19.8 Å². The Morgan fingerprint density at radius 1 is 0.772 bits per heavy atom. The first-order chi connectivity index (χ1) is 24.8. The van der Waals surface area contributed by atoms with Crippen LogP contribution in [0.3, 0.4) is 0 Å². The Bertz CT molecular complexity index is 1450. The van der Waals surface area contributed by atoms with Crippen molar-refractivity contribution in [2.45, 2.75) is 110 Å². The van der Waals surface area contributed by atoms with Crippen molar-refractivity contribution in [1.82, 2.24) is 5.32 Å². The van der Waals surface area contributed by atoms with Gasteiger partial charge in [-0.05, 0) is 50.3 Å². The van der Waals surface area contributed by atoms with Crippen LogP contribution in [-0.2, 0) is 60.6 Å². The van der Waals surface area contributed by atoms with Gasteiger partial charge in [-0.15, -0.1) is 0 Å². The van der Waals surface area contributed by atoms with Crippen LogP contribution in [-0.4, -0.2) is 69.5 Å². The molecule has 2 aliphatic rings. The van der Waals surface area contributed by atoms with Crippen LogP contribution in [0.1, 0.15) is 107 Å².